The normalized spacial score (nSPS) is 34.5. The maximum Gasteiger partial charge on any atom is 0.244 e. The van der Waals surface area contributed by atoms with E-state index in [1.54, 1.807) is 21.9 Å². The smallest absolute Gasteiger partial charge is 0.244 e. The van der Waals surface area contributed by atoms with E-state index in [2.05, 4.69) is 6.07 Å². The molecule has 0 radical (unpaired) electrons. The van der Waals surface area contributed by atoms with Crippen LogP contribution in [0.4, 0.5) is 10.1 Å². The van der Waals surface area contributed by atoms with Gasteiger partial charge in [0.05, 0.1) is 24.2 Å². The Morgan fingerprint density at radius 3 is 2.89 bits per heavy atom. The van der Waals surface area contributed by atoms with Crippen molar-refractivity contribution in [2.45, 2.75) is 49.5 Å². The van der Waals surface area contributed by atoms with Gasteiger partial charge in [0.15, 0.2) is 0 Å². The number of hydrogen-bond donors (Lipinski definition) is 1. The van der Waals surface area contributed by atoms with Gasteiger partial charge in [0.2, 0.25) is 11.8 Å². The van der Waals surface area contributed by atoms with Crippen LogP contribution in [0.3, 0.4) is 0 Å². The molecule has 7 nitrogen and oxygen atoms in total. The predicted molar refractivity (Wildman–Crippen MR) is 98.4 cm³/mol. The third-order valence-electron chi connectivity index (χ3n) is 6.61. The van der Waals surface area contributed by atoms with Crippen LogP contribution in [0, 0.1) is 23.1 Å². The van der Waals surface area contributed by atoms with Crippen molar-refractivity contribution in [1.82, 2.24) is 9.80 Å². The number of anilines is 1. The van der Waals surface area contributed by atoms with Crippen LogP contribution in [0.5, 0.6) is 0 Å². The summed E-state index contributed by atoms with van der Waals surface area (Å²) in [6, 6.07) is 6.97. The first-order valence-corrected chi connectivity index (χ1v) is 9.78. The average Bonchev–Trinajstić information content (AvgIpc) is 3.01. The number of piperazine rings is 1. The third-order valence-corrected chi connectivity index (χ3v) is 6.61. The van der Waals surface area contributed by atoms with Crippen molar-refractivity contribution in [2.24, 2.45) is 11.7 Å². The van der Waals surface area contributed by atoms with E-state index in [9.17, 15) is 19.2 Å². The molecule has 1 saturated carbocycles. The summed E-state index contributed by atoms with van der Waals surface area (Å²) < 4.78 is 13.5. The summed E-state index contributed by atoms with van der Waals surface area (Å²) in [6.45, 7) is 0.913. The number of piperidine rings is 1. The Labute approximate surface area is 162 Å². The number of likely N-dealkylation sites (tertiary alicyclic amines) is 2. The minimum absolute atomic E-state index is 0.0342. The van der Waals surface area contributed by atoms with Gasteiger partial charge in [0, 0.05) is 24.8 Å². The highest BCUT2D eigenvalue weighted by Crippen LogP contribution is 2.47. The van der Waals surface area contributed by atoms with E-state index in [4.69, 9.17) is 5.73 Å². The summed E-state index contributed by atoms with van der Waals surface area (Å²) in [5, 5.41) is 9.30. The number of carbonyl (C=O) groups is 2. The lowest BCUT2D eigenvalue weighted by atomic mass is 10.1. The molecule has 4 aliphatic rings. The Balaban J connectivity index is 1.25. The zero-order valence-electron chi connectivity index (χ0n) is 15.4. The number of benzene rings is 1. The van der Waals surface area contributed by atoms with Crippen LogP contribution in [-0.2, 0) is 9.59 Å². The van der Waals surface area contributed by atoms with E-state index >= 15 is 0 Å². The number of hydrogen-bond acceptors (Lipinski definition) is 5. The molecule has 2 N–H and O–H groups in total. The molecule has 2 amide bonds. The SMILES string of the molecule is N#C[C@@H]1CC2C[C@@H]2N1C(=O)[C@@H](N)CN1C[C@@H]2C[C@H]1C(=O)N2c1cccc(F)c1. The van der Waals surface area contributed by atoms with Gasteiger partial charge in [-0.3, -0.25) is 14.5 Å². The molecule has 5 rings (SSSR count). The first-order chi connectivity index (χ1) is 13.5. The van der Waals surface area contributed by atoms with Crippen molar-refractivity contribution in [2.75, 3.05) is 18.0 Å². The van der Waals surface area contributed by atoms with Crippen LogP contribution in [-0.4, -0.2) is 64.9 Å². The fourth-order valence-electron chi connectivity index (χ4n) is 5.24. The monoisotopic (exact) mass is 383 g/mol. The molecule has 3 heterocycles. The van der Waals surface area contributed by atoms with E-state index in [1.165, 1.54) is 12.1 Å². The maximum absolute atomic E-state index is 13.5. The number of fused-ring (bicyclic) bond motifs is 3. The van der Waals surface area contributed by atoms with Crippen molar-refractivity contribution in [3.05, 3.63) is 30.1 Å². The zero-order valence-corrected chi connectivity index (χ0v) is 15.4. The minimum Gasteiger partial charge on any atom is -0.322 e. The van der Waals surface area contributed by atoms with Gasteiger partial charge in [-0.1, -0.05) is 6.07 Å². The second kappa shape index (κ2) is 6.26. The summed E-state index contributed by atoms with van der Waals surface area (Å²) in [7, 11) is 0. The Morgan fingerprint density at radius 2 is 2.18 bits per heavy atom. The van der Waals surface area contributed by atoms with Gasteiger partial charge in [0.25, 0.3) is 0 Å². The molecule has 4 fully saturated rings. The number of amides is 2. The molecule has 1 aliphatic carbocycles. The second-order valence-electron chi connectivity index (χ2n) is 8.34. The number of nitriles is 1. The second-order valence-corrected chi connectivity index (χ2v) is 8.34. The highest BCUT2D eigenvalue weighted by molar-refractivity contribution is 6.01. The highest BCUT2D eigenvalue weighted by Gasteiger charge is 2.55. The molecule has 3 saturated heterocycles. The van der Waals surface area contributed by atoms with Crippen molar-refractivity contribution < 1.29 is 14.0 Å². The Kier molecular flexibility index (Phi) is 3.93. The van der Waals surface area contributed by atoms with Gasteiger partial charge in [-0.2, -0.15) is 5.26 Å². The molecule has 6 atom stereocenters. The number of nitrogens with two attached hydrogens (primary N) is 1. The Hall–Kier alpha value is -2.50. The Morgan fingerprint density at radius 1 is 1.36 bits per heavy atom. The van der Waals surface area contributed by atoms with Crippen molar-refractivity contribution >= 4 is 17.5 Å². The van der Waals surface area contributed by atoms with E-state index in [-0.39, 0.29) is 41.8 Å². The zero-order chi connectivity index (χ0) is 19.6. The van der Waals surface area contributed by atoms with Gasteiger partial charge in [-0.25, -0.2) is 4.39 Å². The third kappa shape index (κ3) is 2.61. The molecular formula is C20H22FN5O2. The molecule has 1 unspecified atom stereocenters. The standard InChI is InChI=1S/C20H22FN5O2/c21-12-2-1-3-13(6-12)25-15-7-18(20(25)28)24(9-15)10-16(23)19(27)26-14(8-22)4-11-5-17(11)26/h1-3,6,11,14-18H,4-5,7,9-10,23H2/t11?,14-,15-,16-,17-,18-/m0/s1. The highest BCUT2D eigenvalue weighted by atomic mass is 19.1. The lowest BCUT2D eigenvalue weighted by Crippen LogP contribution is -2.57. The lowest BCUT2D eigenvalue weighted by Gasteiger charge is -2.35. The van der Waals surface area contributed by atoms with Gasteiger partial charge in [0.1, 0.15) is 11.9 Å². The molecule has 3 aliphatic heterocycles. The summed E-state index contributed by atoms with van der Waals surface area (Å²) in [5.41, 5.74) is 6.78. The first-order valence-electron chi connectivity index (χ1n) is 9.78. The summed E-state index contributed by atoms with van der Waals surface area (Å²) >= 11 is 0. The summed E-state index contributed by atoms with van der Waals surface area (Å²) in [5.74, 6) is -0.174. The summed E-state index contributed by atoms with van der Waals surface area (Å²) in [4.78, 5) is 31.0. The molecule has 28 heavy (non-hydrogen) atoms. The van der Waals surface area contributed by atoms with Crippen LogP contribution in [0.25, 0.3) is 0 Å². The number of halogens is 1. The quantitative estimate of drug-likeness (QED) is 0.815. The fourth-order valence-corrected chi connectivity index (χ4v) is 5.24. The largest absolute Gasteiger partial charge is 0.322 e. The fraction of sp³-hybridized carbons (Fsp3) is 0.550. The van der Waals surface area contributed by atoms with Crippen molar-refractivity contribution in [3.8, 4) is 6.07 Å². The molecule has 0 aromatic heterocycles. The van der Waals surface area contributed by atoms with Crippen LogP contribution in [0.2, 0.25) is 0 Å². The molecule has 2 bridgehead atoms. The van der Waals surface area contributed by atoms with Gasteiger partial charge in [-0.15, -0.1) is 0 Å². The van der Waals surface area contributed by atoms with Crippen LogP contribution < -0.4 is 10.6 Å². The van der Waals surface area contributed by atoms with Crippen LogP contribution in [0.1, 0.15) is 19.3 Å². The maximum atomic E-state index is 13.5. The molecular weight excluding hydrogens is 361 g/mol. The lowest BCUT2D eigenvalue weighted by molar-refractivity contribution is -0.135. The molecule has 8 heteroatoms. The molecule has 0 spiro atoms. The van der Waals surface area contributed by atoms with E-state index in [0.717, 1.165) is 12.8 Å². The van der Waals surface area contributed by atoms with Crippen molar-refractivity contribution in [1.29, 1.82) is 5.26 Å². The van der Waals surface area contributed by atoms with E-state index < -0.39 is 6.04 Å². The van der Waals surface area contributed by atoms with Crippen molar-refractivity contribution in [3.63, 3.8) is 0 Å². The Bertz CT molecular complexity index is 886. The number of carbonyl (C=O) groups excluding carboxylic acids is 2. The number of rotatable bonds is 4. The average molecular weight is 383 g/mol. The van der Waals surface area contributed by atoms with Gasteiger partial charge >= 0.3 is 0 Å². The molecule has 1 aromatic carbocycles. The van der Waals surface area contributed by atoms with E-state index in [0.29, 0.717) is 31.1 Å². The minimum atomic E-state index is -0.745. The van der Waals surface area contributed by atoms with Crippen LogP contribution >= 0.6 is 0 Å². The van der Waals surface area contributed by atoms with Gasteiger partial charge in [-0.05, 0) is 43.4 Å². The summed E-state index contributed by atoms with van der Waals surface area (Å²) in [6.07, 6.45) is 2.37. The molecule has 1 aromatic rings. The number of nitrogens with zero attached hydrogens (tertiary/aromatic N) is 4. The topological polar surface area (TPSA) is 93.7 Å². The predicted octanol–water partition coefficient (Wildman–Crippen LogP) is 0.455. The van der Waals surface area contributed by atoms with E-state index in [1.807, 2.05) is 4.90 Å². The van der Waals surface area contributed by atoms with Crippen LogP contribution in [0.15, 0.2) is 24.3 Å². The molecule has 146 valence electrons. The van der Waals surface area contributed by atoms with Gasteiger partial charge < -0.3 is 15.5 Å². The first kappa shape index (κ1) is 17.6.